The molecular formula is C11H13ClF3N3. The normalized spacial score (nSPS) is 20.8. The fourth-order valence-corrected chi connectivity index (χ4v) is 2.06. The highest BCUT2D eigenvalue weighted by molar-refractivity contribution is 6.32. The summed E-state index contributed by atoms with van der Waals surface area (Å²) in [5.74, 6) is 0. The second-order valence-electron chi connectivity index (χ2n) is 4.25. The molecule has 0 amide bonds. The number of hydrogen-bond acceptors (Lipinski definition) is 3. The first kappa shape index (κ1) is 13.4. The van der Waals surface area contributed by atoms with Crippen LogP contribution in [0.25, 0.3) is 0 Å². The van der Waals surface area contributed by atoms with Crippen LogP contribution < -0.4 is 10.6 Å². The number of aromatic nitrogens is 1. The lowest BCUT2D eigenvalue weighted by molar-refractivity contribution is -0.137. The second-order valence-corrected chi connectivity index (χ2v) is 4.61. The number of pyridine rings is 1. The maximum atomic E-state index is 12.6. The van der Waals surface area contributed by atoms with Crippen LogP contribution in [0.1, 0.15) is 18.4 Å². The quantitative estimate of drug-likeness (QED) is 0.818. The van der Waals surface area contributed by atoms with Gasteiger partial charge >= 0.3 is 6.18 Å². The van der Waals surface area contributed by atoms with Gasteiger partial charge in [0, 0.05) is 18.8 Å². The van der Waals surface area contributed by atoms with E-state index in [2.05, 4.69) is 15.6 Å². The molecule has 1 fully saturated rings. The van der Waals surface area contributed by atoms with E-state index in [9.17, 15) is 13.2 Å². The van der Waals surface area contributed by atoms with E-state index in [0.717, 1.165) is 31.6 Å². The van der Waals surface area contributed by atoms with Gasteiger partial charge in [-0.15, -0.1) is 0 Å². The molecule has 1 aromatic rings. The van der Waals surface area contributed by atoms with E-state index in [-0.39, 0.29) is 16.9 Å². The van der Waals surface area contributed by atoms with Gasteiger partial charge in [0.1, 0.15) is 0 Å². The van der Waals surface area contributed by atoms with Crippen molar-refractivity contribution < 1.29 is 13.2 Å². The van der Waals surface area contributed by atoms with Crippen LogP contribution >= 0.6 is 11.6 Å². The largest absolute Gasteiger partial charge is 0.417 e. The lowest BCUT2D eigenvalue weighted by Crippen LogP contribution is -2.38. The van der Waals surface area contributed by atoms with Gasteiger partial charge in [-0.2, -0.15) is 13.2 Å². The minimum atomic E-state index is -4.40. The van der Waals surface area contributed by atoms with Gasteiger partial charge in [0.15, 0.2) is 5.15 Å². The molecule has 7 heteroatoms. The number of rotatable bonds is 2. The van der Waals surface area contributed by atoms with E-state index in [4.69, 9.17) is 11.6 Å². The average Bonchev–Trinajstić information content (AvgIpc) is 2.32. The number of hydrogen-bond donors (Lipinski definition) is 2. The fourth-order valence-electron chi connectivity index (χ4n) is 1.90. The molecule has 2 N–H and O–H groups in total. The summed E-state index contributed by atoms with van der Waals surface area (Å²) in [6.45, 7) is 1.65. The Morgan fingerprint density at radius 2 is 2.22 bits per heavy atom. The lowest BCUT2D eigenvalue weighted by Gasteiger charge is -2.25. The minimum absolute atomic E-state index is 0.0635. The van der Waals surface area contributed by atoms with E-state index in [1.165, 1.54) is 0 Å². The van der Waals surface area contributed by atoms with Crippen molar-refractivity contribution in [3.63, 3.8) is 0 Å². The van der Waals surface area contributed by atoms with Gasteiger partial charge in [-0.1, -0.05) is 11.6 Å². The van der Waals surface area contributed by atoms with Crippen molar-refractivity contribution in [2.75, 3.05) is 18.4 Å². The van der Waals surface area contributed by atoms with E-state index >= 15 is 0 Å². The highest BCUT2D eigenvalue weighted by Crippen LogP contribution is 2.32. The number of nitrogens with zero attached hydrogens (tertiary/aromatic N) is 1. The van der Waals surface area contributed by atoms with Crippen LogP contribution in [0.3, 0.4) is 0 Å². The van der Waals surface area contributed by atoms with E-state index in [1.54, 1.807) is 0 Å². The first-order chi connectivity index (χ1) is 8.47. The minimum Gasteiger partial charge on any atom is -0.379 e. The van der Waals surface area contributed by atoms with Crippen LogP contribution in [0.5, 0.6) is 0 Å². The van der Waals surface area contributed by atoms with Crippen LogP contribution in [0.2, 0.25) is 5.15 Å². The number of anilines is 1. The van der Waals surface area contributed by atoms with Gasteiger partial charge < -0.3 is 10.6 Å². The SMILES string of the molecule is FC(F)(F)c1cnc(Cl)c(NC2CCCNC2)c1. The third-order valence-corrected chi connectivity index (χ3v) is 3.12. The Hall–Kier alpha value is -1.01. The summed E-state index contributed by atoms with van der Waals surface area (Å²) in [5.41, 5.74) is -0.557. The van der Waals surface area contributed by atoms with Gasteiger partial charge in [-0.3, -0.25) is 0 Å². The third-order valence-electron chi connectivity index (χ3n) is 2.82. The summed E-state index contributed by atoms with van der Waals surface area (Å²) < 4.78 is 37.7. The third kappa shape index (κ3) is 3.26. The Balaban J connectivity index is 2.15. The Morgan fingerprint density at radius 3 is 2.83 bits per heavy atom. The zero-order chi connectivity index (χ0) is 13.2. The molecule has 1 aromatic heterocycles. The predicted octanol–water partition coefficient (Wildman–Crippen LogP) is 2.92. The molecule has 18 heavy (non-hydrogen) atoms. The first-order valence-corrected chi connectivity index (χ1v) is 6.04. The van der Waals surface area contributed by atoms with Gasteiger partial charge in [0.05, 0.1) is 11.3 Å². The molecule has 0 radical (unpaired) electrons. The molecule has 0 saturated carbocycles. The highest BCUT2D eigenvalue weighted by Gasteiger charge is 2.31. The first-order valence-electron chi connectivity index (χ1n) is 5.67. The summed E-state index contributed by atoms with van der Waals surface area (Å²) >= 11 is 5.80. The Bertz CT molecular complexity index is 416. The summed E-state index contributed by atoms with van der Waals surface area (Å²) in [4.78, 5) is 3.57. The van der Waals surface area contributed by atoms with Crippen LogP contribution in [-0.2, 0) is 6.18 Å². The lowest BCUT2D eigenvalue weighted by atomic mass is 10.1. The molecule has 100 valence electrons. The summed E-state index contributed by atoms with van der Waals surface area (Å²) in [6.07, 6.45) is -1.77. The van der Waals surface area contributed by atoms with Gasteiger partial charge in [-0.05, 0) is 25.5 Å². The molecule has 1 atom stereocenters. The van der Waals surface area contributed by atoms with Crippen molar-refractivity contribution in [3.8, 4) is 0 Å². The average molecular weight is 280 g/mol. The van der Waals surface area contributed by atoms with Crippen LogP contribution in [-0.4, -0.2) is 24.1 Å². The monoisotopic (exact) mass is 279 g/mol. The molecule has 0 spiro atoms. The van der Waals surface area contributed by atoms with Crippen LogP contribution in [0.15, 0.2) is 12.3 Å². The van der Waals surface area contributed by atoms with Crippen molar-refractivity contribution in [3.05, 3.63) is 23.0 Å². The summed E-state index contributed by atoms with van der Waals surface area (Å²) in [7, 11) is 0. The van der Waals surface area contributed by atoms with Gasteiger partial charge in [0.2, 0.25) is 0 Å². The molecule has 0 aromatic carbocycles. The molecule has 0 aliphatic carbocycles. The van der Waals surface area contributed by atoms with Gasteiger partial charge in [0.25, 0.3) is 0 Å². The fraction of sp³-hybridized carbons (Fsp3) is 0.545. The molecule has 3 nitrogen and oxygen atoms in total. The molecule has 2 heterocycles. The van der Waals surface area contributed by atoms with Crippen LogP contribution in [0.4, 0.5) is 18.9 Å². The molecule has 1 aliphatic rings. The van der Waals surface area contributed by atoms with Crippen molar-refractivity contribution in [1.82, 2.24) is 10.3 Å². The maximum Gasteiger partial charge on any atom is 0.417 e. The van der Waals surface area contributed by atoms with Crippen molar-refractivity contribution in [2.24, 2.45) is 0 Å². The second kappa shape index (κ2) is 5.32. The highest BCUT2D eigenvalue weighted by atomic mass is 35.5. The topological polar surface area (TPSA) is 37.0 Å². The number of halogens is 4. The Morgan fingerprint density at radius 1 is 1.44 bits per heavy atom. The molecule has 1 unspecified atom stereocenters. The zero-order valence-electron chi connectivity index (χ0n) is 9.52. The van der Waals surface area contributed by atoms with E-state index in [1.807, 2.05) is 0 Å². The Kier molecular flexibility index (Phi) is 3.97. The standard InChI is InChI=1S/C11H13ClF3N3/c12-10-9(18-8-2-1-3-16-6-8)4-7(5-17-10)11(13,14)15/h4-5,8,16,18H,1-3,6H2. The summed E-state index contributed by atoms with van der Waals surface area (Å²) in [6, 6.07) is 1.09. The molecule has 1 aliphatic heterocycles. The number of alkyl halides is 3. The maximum absolute atomic E-state index is 12.6. The number of nitrogens with one attached hydrogen (secondary N) is 2. The smallest absolute Gasteiger partial charge is 0.379 e. The van der Waals surface area contributed by atoms with Crippen molar-refractivity contribution in [2.45, 2.75) is 25.1 Å². The number of piperidine rings is 1. The zero-order valence-corrected chi connectivity index (χ0v) is 10.3. The van der Waals surface area contributed by atoms with Crippen LogP contribution in [0, 0.1) is 0 Å². The van der Waals surface area contributed by atoms with Gasteiger partial charge in [-0.25, -0.2) is 4.98 Å². The molecule has 2 rings (SSSR count). The Labute approximate surface area is 108 Å². The molecule has 0 bridgehead atoms. The predicted molar refractivity (Wildman–Crippen MR) is 63.8 cm³/mol. The van der Waals surface area contributed by atoms with Crippen molar-refractivity contribution in [1.29, 1.82) is 0 Å². The molecule has 1 saturated heterocycles. The van der Waals surface area contributed by atoms with E-state index < -0.39 is 11.7 Å². The van der Waals surface area contributed by atoms with E-state index in [0.29, 0.717) is 6.54 Å². The molecular weight excluding hydrogens is 267 g/mol. The summed E-state index contributed by atoms with van der Waals surface area (Å²) in [5, 5.41) is 6.24. The van der Waals surface area contributed by atoms with Crippen molar-refractivity contribution >= 4 is 17.3 Å².